The lowest BCUT2D eigenvalue weighted by molar-refractivity contribution is -0.140. The summed E-state index contributed by atoms with van der Waals surface area (Å²) in [5.41, 5.74) is 1.42. The van der Waals surface area contributed by atoms with Gasteiger partial charge in [-0.25, -0.2) is 4.79 Å². The highest BCUT2D eigenvalue weighted by Gasteiger charge is 2.57. The molecule has 4 nitrogen and oxygen atoms in total. The van der Waals surface area contributed by atoms with Gasteiger partial charge in [-0.2, -0.15) is 5.26 Å². The Morgan fingerprint density at radius 1 is 1.38 bits per heavy atom. The van der Waals surface area contributed by atoms with Crippen molar-refractivity contribution in [1.29, 1.82) is 5.26 Å². The lowest BCUT2D eigenvalue weighted by Crippen LogP contribution is -2.41. The van der Waals surface area contributed by atoms with Crippen LogP contribution in [0.3, 0.4) is 0 Å². The van der Waals surface area contributed by atoms with Crippen molar-refractivity contribution in [3.63, 3.8) is 0 Å². The molecule has 2 aliphatic rings. The van der Waals surface area contributed by atoms with Crippen molar-refractivity contribution in [2.24, 2.45) is 10.8 Å². The Balaban J connectivity index is 2.23. The number of nitriles is 1. The molecular weight excluding hydrogens is 300 g/mol. The summed E-state index contributed by atoms with van der Waals surface area (Å²) in [6, 6.07) is 10.3. The predicted molar refractivity (Wildman–Crippen MR) is 92.3 cm³/mol. The lowest BCUT2D eigenvalue weighted by atomic mass is 9.62. The van der Waals surface area contributed by atoms with Gasteiger partial charge >= 0.3 is 5.97 Å². The fraction of sp³-hybridized carbons (Fsp3) is 0.400. The number of ether oxygens (including phenoxy) is 1. The summed E-state index contributed by atoms with van der Waals surface area (Å²) in [5, 5.41) is 10.1. The molecule has 0 aliphatic carbocycles. The second kappa shape index (κ2) is 5.52. The van der Waals surface area contributed by atoms with E-state index in [4.69, 9.17) is 4.74 Å². The van der Waals surface area contributed by atoms with Gasteiger partial charge in [-0.3, -0.25) is 0 Å². The zero-order chi connectivity index (χ0) is 17.5. The molecule has 0 saturated carbocycles. The number of hydrogen-bond acceptors (Lipinski definition) is 4. The van der Waals surface area contributed by atoms with Gasteiger partial charge in [0.2, 0.25) is 0 Å². The molecule has 2 atom stereocenters. The third-order valence-electron chi connectivity index (χ3n) is 4.97. The molecule has 124 valence electrons. The van der Waals surface area contributed by atoms with Crippen LogP contribution < -0.4 is 0 Å². The molecule has 4 heteroatoms. The summed E-state index contributed by atoms with van der Waals surface area (Å²) < 4.78 is 5.22. The zero-order valence-electron chi connectivity index (χ0n) is 14.5. The average molecular weight is 322 g/mol. The van der Waals surface area contributed by atoms with E-state index < -0.39 is 5.41 Å². The van der Waals surface area contributed by atoms with Crippen LogP contribution in [0.2, 0.25) is 0 Å². The van der Waals surface area contributed by atoms with Crippen LogP contribution in [0.15, 0.2) is 42.2 Å². The minimum Gasteiger partial charge on any atom is -0.461 e. The van der Waals surface area contributed by atoms with E-state index in [0.717, 1.165) is 11.1 Å². The van der Waals surface area contributed by atoms with Crippen LogP contribution in [0.1, 0.15) is 44.9 Å². The maximum atomic E-state index is 12.5. The molecule has 0 aromatic heterocycles. The van der Waals surface area contributed by atoms with E-state index in [-0.39, 0.29) is 17.4 Å². The molecule has 0 unspecified atom stereocenters. The Bertz CT molecular complexity index is 780. The molecule has 24 heavy (non-hydrogen) atoms. The molecule has 0 radical (unpaired) electrons. The quantitative estimate of drug-likeness (QED) is 0.771. The summed E-state index contributed by atoms with van der Waals surface area (Å²) in [6.45, 7) is 8.22. The standard InChI is InChI=1S/C20H22N2O2/c1-5-24-18(23)16-12-20(13-21,19(2,3)4)17-15-9-7-6-8-14(15)10-11-22(16)17/h6-12,17H,5H2,1-4H3/t17-,20-/m0/s1. The van der Waals surface area contributed by atoms with Gasteiger partial charge in [0.05, 0.1) is 18.7 Å². The Morgan fingerprint density at radius 3 is 2.71 bits per heavy atom. The summed E-state index contributed by atoms with van der Waals surface area (Å²) in [5.74, 6) is -0.382. The van der Waals surface area contributed by atoms with E-state index in [1.54, 1.807) is 6.92 Å². The molecule has 2 heterocycles. The van der Waals surface area contributed by atoms with Crippen LogP contribution in [-0.2, 0) is 9.53 Å². The van der Waals surface area contributed by atoms with Gasteiger partial charge in [0.25, 0.3) is 0 Å². The fourth-order valence-electron chi connectivity index (χ4n) is 3.62. The maximum absolute atomic E-state index is 12.5. The van der Waals surface area contributed by atoms with Crippen LogP contribution in [0.25, 0.3) is 6.08 Å². The highest BCUT2D eigenvalue weighted by molar-refractivity contribution is 5.90. The molecule has 0 N–H and O–H groups in total. The minimum absolute atomic E-state index is 0.233. The lowest BCUT2D eigenvalue weighted by Gasteiger charge is -2.43. The van der Waals surface area contributed by atoms with Gasteiger partial charge < -0.3 is 9.64 Å². The minimum atomic E-state index is -0.823. The van der Waals surface area contributed by atoms with Crippen LogP contribution in [0.5, 0.6) is 0 Å². The molecule has 0 spiro atoms. The van der Waals surface area contributed by atoms with Crippen molar-refractivity contribution >= 4 is 12.0 Å². The SMILES string of the molecule is CCOC(=O)C1=C[C@@](C#N)(C(C)(C)C)[C@@H]2c3ccccc3C=CN12. The van der Waals surface area contributed by atoms with Gasteiger partial charge in [-0.05, 0) is 35.6 Å². The molecule has 0 fully saturated rings. The zero-order valence-corrected chi connectivity index (χ0v) is 14.5. The Morgan fingerprint density at radius 2 is 2.08 bits per heavy atom. The van der Waals surface area contributed by atoms with Gasteiger partial charge in [0.1, 0.15) is 11.1 Å². The highest BCUT2D eigenvalue weighted by atomic mass is 16.5. The number of rotatable bonds is 2. The number of carbonyl (C=O) groups is 1. The molecule has 1 aromatic rings. The smallest absolute Gasteiger partial charge is 0.354 e. The van der Waals surface area contributed by atoms with Gasteiger partial charge in [-0.15, -0.1) is 0 Å². The van der Waals surface area contributed by atoms with E-state index in [1.165, 1.54) is 0 Å². The van der Waals surface area contributed by atoms with Gasteiger partial charge in [0.15, 0.2) is 0 Å². The first-order valence-corrected chi connectivity index (χ1v) is 8.22. The van der Waals surface area contributed by atoms with Crippen molar-refractivity contribution in [2.45, 2.75) is 33.7 Å². The number of fused-ring (bicyclic) bond motifs is 3. The monoisotopic (exact) mass is 322 g/mol. The summed E-state index contributed by atoms with van der Waals surface area (Å²) in [6.07, 6.45) is 5.68. The van der Waals surface area contributed by atoms with E-state index in [1.807, 2.05) is 68.3 Å². The summed E-state index contributed by atoms with van der Waals surface area (Å²) in [7, 11) is 0. The Hall–Kier alpha value is -2.54. The molecule has 0 saturated heterocycles. The first-order chi connectivity index (χ1) is 11.4. The molecule has 1 aromatic carbocycles. The summed E-state index contributed by atoms with van der Waals surface area (Å²) in [4.78, 5) is 14.4. The van der Waals surface area contributed by atoms with Crippen LogP contribution >= 0.6 is 0 Å². The topological polar surface area (TPSA) is 53.3 Å². The van der Waals surface area contributed by atoms with Crippen molar-refractivity contribution in [3.05, 3.63) is 53.4 Å². The van der Waals surface area contributed by atoms with E-state index in [2.05, 4.69) is 6.07 Å². The molecule has 0 amide bonds. The number of benzene rings is 1. The number of esters is 1. The van der Waals surface area contributed by atoms with Crippen molar-refractivity contribution in [2.75, 3.05) is 6.61 Å². The summed E-state index contributed by atoms with van der Waals surface area (Å²) >= 11 is 0. The third-order valence-corrected chi connectivity index (χ3v) is 4.97. The Kier molecular flexibility index (Phi) is 3.76. The van der Waals surface area contributed by atoms with Crippen LogP contribution in [0.4, 0.5) is 0 Å². The van der Waals surface area contributed by atoms with Gasteiger partial charge in [0, 0.05) is 6.20 Å². The molecule has 2 aliphatic heterocycles. The number of nitrogens with zero attached hydrogens (tertiary/aromatic N) is 2. The predicted octanol–water partition coefficient (Wildman–Crippen LogP) is 4.03. The molecule has 0 bridgehead atoms. The second-order valence-corrected chi connectivity index (χ2v) is 7.24. The molecular formula is C20H22N2O2. The Labute approximate surface area is 143 Å². The van der Waals surface area contributed by atoms with E-state index >= 15 is 0 Å². The first-order valence-electron chi connectivity index (χ1n) is 8.22. The van der Waals surface area contributed by atoms with Gasteiger partial charge in [-0.1, -0.05) is 45.0 Å². The first kappa shape index (κ1) is 16.3. The normalized spacial score (nSPS) is 24.7. The second-order valence-electron chi connectivity index (χ2n) is 7.24. The van der Waals surface area contributed by atoms with E-state index in [9.17, 15) is 10.1 Å². The number of carbonyl (C=O) groups excluding carboxylic acids is 1. The van der Waals surface area contributed by atoms with E-state index in [0.29, 0.717) is 12.3 Å². The average Bonchev–Trinajstić information content (AvgIpc) is 2.91. The van der Waals surface area contributed by atoms with Crippen LogP contribution in [0, 0.1) is 22.2 Å². The molecule has 3 rings (SSSR count). The van der Waals surface area contributed by atoms with Crippen molar-refractivity contribution in [3.8, 4) is 6.07 Å². The third kappa shape index (κ3) is 2.16. The fourth-order valence-corrected chi connectivity index (χ4v) is 3.62. The largest absolute Gasteiger partial charge is 0.461 e. The highest BCUT2D eigenvalue weighted by Crippen LogP contribution is 2.58. The maximum Gasteiger partial charge on any atom is 0.354 e. The van der Waals surface area contributed by atoms with Crippen molar-refractivity contribution < 1.29 is 9.53 Å². The number of hydrogen-bond donors (Lipinski definition) is 0. The van der Waals surface area contributed by atoms with Crippen LogP contribution in [-0.4, -0.2) is 17.5 Å². The van der Waals surface area contributed by atoms with Crippen molar-refractivity contribution in [1.82, 2.24) is 4.90 Å².